The summed E-state index contributed by atoms with van der Waals surface area (Å²) in [6.45, 7) is 1.91. The van der Waals surface area contributed by atoms with E-state index in [1.807, 2.05) is 25.1 Å². The Morgan fingerprint density at radius 1 is 1.47 bits per heavy atom. The number of pyridine rings is 1. The van der Waals surface area contributed by atoms with Crippen molar-refractivity contribution in [3.63, 3.8) is 0 Å². The fraction of sp³-hybridized carbons (Fsp3) is 0.167. The molecular formula is C12H10ClNO2S. The number of carboxylic acid groups (broad SMARTS) is 1. The molecule has 1 aromatic carbocycles. The van der Waals surface area contributed by atoms with Gasteiger partial charge in [-0.15, -0.1) is 11.8 Å². The SMILES string of the molecule is Cc1c(Cl)ccc2c(SCC(=O)O)ccnc12. The summed E-state index contributed by atoms with van der Waals surface area (Å²) in [7, 11) is 0. The van der Waals surface area contributed by atoms with Gasteiger partial charge >= 0.3 is 5.97 Å². The minimum atomic E-state index is -0.828. The predicted octanol–water partition coefficient (Wildman–Crippen LogP) is 3.37. The molecule has 0 amide bonds. The van der Waals surface area contributed by atoms with Crippen LogP contribution in [0.4, 0.5) is 0 Å². The Morgan fingerprint density at radius 2 is 2.24 bits per heavy atom. The minimum Gasteiger partial charge on any atom is -0.481 e. The van der Waals surface area contributed by atoms with Crippen molar-refractivity contribution in [3.05, 3.63) is 35.0 Å². The molecule has 0 unspecified atom stereocenters. The van der Waals surface area contributed by atoms with Crippen LogP contribution in [-0.2, 0) is 4.79 Å². The number of rotatable bonds is 3. The van der Waals surface area contributed by atoms with Crippen LogP contribution in [0.5, 0.6) is 0 Å². The molecule has 1 heterocycles. The van der Waals surface area contributed by atoms with Gasteiger partial charge in [0.15, 0.2) is 0 Å². The second kappa shape index (κ2) is 4.94. The van der Waals surface area contributed by atoms with Crippen molar-refractivity contribution < 1.29 is 9.90 Å². The van der Waals surface area contributed by atoms with Gasteiger partial charge in [0.2, 0.25) is 0 Å². The Hall–Kier alpha value is -1.26. The van der Waals surface area contributed by atoms with Crippen LogP contribution in [0.2, 0.25) is 5.02 Å². The summed E-state index contributed by atoms with van der Waals surface area (Å²) in [6, 6.07) is 5.51. The second-order valence-electron chi connectivity index (χ2n) is 3.56. The molecule has 3 nitrogen and oxygen atoms in total. The third-order valence-electron chi connectivity index (χ3n) is 2.41. The normalized spacial score (nSPS) is 10.7. The van der Waals surface area contributed by atoms with Gasteiger partial charge in [-0.25, -0.2) is 0 Å². The molecule has 0 bridgehead atoms. The molecule has 0 saturated carbocycles. The summed E-state index contributed by atoms with van der Waals surface area (Å²) in [5, 5.41) is 10.3. The number of halogens is 1. The van der Waals surface area contributed by atoms with Gasteiger partial charge in [0, 0.05) is 21.5 Å². The summed E-state index contributed by atoms with van der Waals surface area (Å²) >= 11 is 7.32. The van der Waals surface area contributed by atoms with Crippen molar-refractivity contribution in [1.29, 1.82) is 0 Å². The lowest BCUT2D eigenvalue weighted by Gasteiger charge is -2.07. The van der Waals surface area contributed by atoms with Gasteiger partial charge in [-0.2, -0.15) is 0 Å². The van der Waals surface area contributed by atoms with Crippen molar-refractivity contribution in [2.75, 3.05) is 5.75 Å². The standard InChI is InChI=1S/C12H10ClNO2S/c1-7-9(13)3-2-8-10(17-6-11(15)16)4-5-14-12(7)8/h2-5H,6H2,1H3,(H,15,16). The quantitative estimate of drug-likeness (QED) is 0.867. The molecule has 0 aliphatic rings. The summed E-state index contributed by atoms with van der Waals surface area (Å²) in [4.78, 5) is 15.8. The van der Waals surface area contributed by atoms with Crippen LogP contribution in [0.1, 0.15) is 5.56 Å². The van der Waals surface area contributed by atoms with Crippen molar-refractivity contribution in [2.45, 2.75) is 11.8 Å². The Morgan fingerprint density at radius 3 is 2.94 bits per heavy atom. The molecule has 17 heavy (non-hydrogen) atoms. The van der Waals surface area contributed by atoms with E-state index in [1.54, 1.807) is 6.20 Å². The van der Waals surface area contributed by atoms with E-state index < -0.39 is 5.97 Å². The number of hydrogen-bond donors (Lipinski definition) is 1. The van der Waals surface area contributed by atoms with E-state index in [0.29, 0.717) is 5.02 Å². The minimum absolute atomic E-state index is 0.0424. The predicted molar refractivity (Wildman–Crippen MR) is 69.8 cm³/mol. The smallest absolute Gasteiger partial charge is 0.313 e. The van der Waals surface area contributed by atoms with E-state index in [0.717, 1.165) is 21.4 Å². The average Bonchev–Trinajstić information content (AvgIpc) is 2.31. The van der Waals surface area contributed by atoms with Gasteiger partial charge in [-0.05, 0) is 24.6 Å². The molecule has 0 saturated heterocycles. The molecule has 0 radical (unpaired) electrons. The molecule has 0 fully saturated rings. The van der Waals surface area contributed by atoms with E-state index in [9.17, 15) is 4.79 Å². The first-order chi connectivity index (χ1) is 8.09. The first-order valence-corrected chi connectivity index (χ1v) is 6.34. The third kappa shape index (κ3) is 2.53. The maximum Gasteiger partial charge on any atom is 0.313 e. The Kier molecular flexibility index (Phi) is 3.54. The molecule has 5 heteroatoms. The van der Waals surface area contributed by atoms with E-state index in [2.05, 4.69) is 4.98 Å². The summed E-state index contributed by atoms with van der Waals surface area (Å²) < 4.78 is 0. The van der Waals surface area contributed by atoms with Crippen LogP contribution >= 0.6 is 23.4 Å². The van der Waals surface area contributed by atoms with Crippen LogP contribution in [0.15, 0.2) is 29.3 Å². The highest BCUT2D eigenvalue weighted by Gasteiger charge is 2.08. The van der Waals surface area contributed by atoms with Crippen LogP contribution in [-0.4, -0.2) is 21.8 Å². The zero-order chi connectivity index (χ0) is 12.4. The molecule has 2 rings (SSSR count). The molecule has 0 aliphatic heterocycles. The molecule has 88 valence electrons. The number of carboxylic acids is 1. The maximum atomic E-state index is 10.6. The number of benzene rings is 1. The molecule has 2 aromatic rings. The monoisotopic (exact) mass is 267 g/mol. The van der Waals surface area contributed by atoms with Crippen molar-refractivity contribution in [3.8, 4) is 0 Å². The fourth-order valence-corrected chi connectivity index (χ4v) is 2.48. The number of aromatic nitrogens is 1. The lowest BCUT2D eigenvalue weighted by atomic mass is 10.1. The zero-order valence-electron chi connectivity index (χ0n) is 9.11. The van der Waals surface area contributed by atoms with Gasteiger partial charge in [0.05, 0.1) is 11.3 Å². The lowest BCUT2D eigenvalue weighted by molar-refractivity contribution is -0.133. The Balaban J connectivity index is 2.51. The number of thioether (sulfide) groups is 1. The Bertz CT molecular complexity index is 586. The highest BCUT2D eigenvalue weighted by atomic mass is 35.5. The molecule has 0 aliphatic carbocycles. The largest absolute Gasteiger partial charge is 0.481 e. The van der Waals surface area contributed by atoms with E-state index in [-0.39, 0.29) is 5.75 Å². The average molecular weight is 268 g/mol. The van der Waals surface area contributed by atoms with Crippen molar-refractivity contribution >= 4 is 40.2 Å². The van der Waals surface area contributed by atoms with Gasteiger partial charge < -0.3 is 5.11 Å². The maximum absolute atomic E-state index is 10.6. The fourth-order valence-electron chi connectivity index (χ4n) is 1.58. The van der Waals surface area contributed by atoms with Crippen molar-refractivity contribution in [1.82, 2.24) is 4.98 Å². The van der Waals surface area contributed by atoms with Crippen LogP contribution in [0, 0.1) is 6.92 Å². The third-order valence-corrected chi connectivity index (χ3v) is 3.88. The molecule has 1 aromatic heterocycles. The van der Waals surface area contributed by atoms with Crippen LogP contribution < -0.4 is 0 Å². The number of hydrogen-bond acceptors (Lipinski definition) is 3. The number of nitrogens with zero attached hydrogens (tertiary/aromatic N) is 1. The first kappa shape index (κ1) is 12.2. The number of carbonyl (C=O) groups is 1. The van der Waals surface area contributed by atoms with E-state index in [1.165, 1.54) is 11.8 Å². The zero-order valence-corrected chi connectivity index (χ0v) is 10.7. The summed E-state index contributed by atoms with van der Waals surface area (Å²) in [5.41, 5.74) is 1.75. The van der Waals surface area contributed by atoms with Crippen LogP contribution in [0.25, 0.3) is 10.9 Å². The topological polar surface area (TPSA) is 50.2 Å². The second-order valence-corrected chi connectivity index (χ2v) is 4.98. The molecule has 0 atom stereocenters. The van der Waals surface area contributed by atoms with Gasteiger partial charge in [0.1, 0.15) is 0 Å². The highest BCUT2D eigenvalue weighted by Crippen LogP contribution is 2.30. The Labute approximate surface area is 108 Å². The summed E-state index contributed by atoms with van der Waals surface area (Å²) in [5.74, 6) is -0.786. The number of aliphatic carboxylic acids is 1. The summed E-state index contributed by atoms with van der Waals surface area (Å²) in [6.07, 6.45) is 1.68. The van der Waals surface area contributed by atoms with Crippen molar-refractivity contribution in [2.24, 2.45) is 0 Å². The van der Waals surface area contributed by atoms with Crippen LogP contribution in [0.3, 0.4) is 0 Å². The van der Waals surface area contributed by atoms with E-state index in [4.69, 9.17) is 16.7 Å². The van der Waals surface area contributed by atoms with Gasteiger partial charge in [-0.1, -0.05) is 17.7 Å². The lowest BCUT2D eigenvalue weighted by Crippen LogP contribution is -1.97. The molecular weight excluding hydrogens is 258 g/mol. The van der Waals surface area contributed by atoms with Gasteiger partial charge in [-0.3, -0.25) is 9.78 Å². The van der Waals surface area contributed by atoms with Gasteiger partial charge in [0.25, 0.3) is 0 Å². The highest BCUT2D eigenvalue weighted by molar-refractivity contribution is 8.00. The number of fused-ring (bicyclic) bond motifs is 1. The van der Waals surface area contributed by atoms with E-state index >= 15 is 0 Å². The molecule has 0 spiro atoms. The molecule has 1 N–H and O–H groups in total. The number of aryl methyl sites for hydroxylation is 1. The first-order valence-electron chi connectivity index (χ1n) is 4.98.